The standard InChI is InChI=1S/C16H16N4O/c1-11-3-5-14(17-8-11)9-18-15-6-4-13(7-12(15)2)16-20-19-10-21-16/h3-8,10,18H,9H2,1-2H3. The Bertz CT molecular complexity index is 721. The molecule has 2 aromatic heterocycles. The van der Waals surface area contributed by atoms with Crippen LogP contribution in [0.2, 0.25) is 0 Å². The molecule has 0 amide bonds. The number of hydrogen-bond acceptors (Lipinski definition) is 5. The molecule has 0 radical (unpaired) electrons. The van der Waals surface area contributed by atoms with Crippen LogP contribution in [-0.2, 0) is 6.54 Å². The van der Waals surface area contributed by atoms with Gasteiger partial charge in [0.1, 0.15) is 0 Å². The molecule has 0 fully saturated rings. The van der Waals surface area contributed by atoms with E-state index in [1.54, 1.807) is 0 Å². The molecular formula is C16H16N4O. The lowest BCUT2D eigenvalue weighted by Gasteiger charge is -2.10. The maximum Gasteiger partial charge on any atom is 0.247 e. The third kappa shape index (κ3) is 3.08. The maximum atomic E-state index is 5.20. The molecule has 5 heteroatoms. The monoisotopic (exact) mass is 280 g/mol. The Hall–Kier alpha value is -2.69. The Balaban J connectivity index is 1.73. The number of benzene rings is 1. The van der Waals surface area contributed by atoms with Crippen LogP contribution in [0.25, 0.3) is 11.5 Å². The number of aromatic nitrogens is 3. The van der Waals surface area contributed by atoms with E-state index in [4.69, 9.17) is 4.42 Å². The molecule has 0 aliphatic carbocycles. The molecule has 3 aromatic rings. The normalized spacial score (nSPS) is 10.6. The minimum atomic E-state index is 0.532. The van der Waals surface area contributed by atoms with Crippen molar-refractivity contribution < 1.29 is 4.42 Å². The first-order valence-electron chi connectivity index (χ1n) is 6.75. The molecule has 5 nitrogen and oxygen atoms in total. The van der Waals surface area contributed by atoms with Crippen LogP contribution in [0.4, 0.5) is 5.69 Å². The van der Waals surface area contributed by atoms with Gasteiger partial charge >= 0.3 is 0 Å². The summed E-state index contributed by atoms with van der Waals surface area (Å²) in [6, 6.07) is 10.1. The minimum Gasteiger partial charge on any atom is -0.423 e. The van der Waals surface area contributed by atoms with Gasteiger partial charge in [-0.25, -0.2) is 0 Å². The SMILES string of the molecule is Cc1ccc(CNc2ccc(-c3nnco3)cc2C)nc1. The molecule has 0 saturated heterocycles. The zero-order chi connectivity index (χ0) is 14.7. The largest absolute Gasteiger partial charge is 0.423 e. The summed E-state index contributed by atoms with van der Waals surface area (Å²) >= 11 is 0. The molecule has 0 spiro atoms. The van der Waals surface area contributed by atoms with Gasteiger partial charge in [-0.05, 0) is 49.2 Å². The van der Waals surface area contributed by atoms with Crippen LogP contribution >= 0.6 is 0 Å². The van der Waals surface area contributed by atoms with Crippen LogP contribution in [0.3, 0.4) is 0 Å². The van der Waals surface area contributed by atoms with E-state index < -0.39 is 0 Å². The van der Waals surface area contributed by atoms with Crippen molar-refractivity contribution in [3.05, 3.63) is 59.7 Å². The summed E-state index contributed by atoms with van der Waals surface area (Å²) in [4.78, 5) is 4.39. The number of nitrogens with one attached hydrogen (secondary N) is 1. The van der Waals surface area contributed by atoms with E-state index in [1.165, 1.54) is 12.0 Å². The van der Waals surface area contributed by atoms with E-state index in [0.29, 0.717) is 12.4 Å². The van der Waals surface area contributed by atoms with Crippen molar-refractivity contribution in [2.24, 2.45) is 0 Å². The molecule has 2 heterocycles. The van der Waals surface area contributed by atoms with Gasteiger partial charge in [-0.3, -0.25) is 4.98 Å². The predicted octanol–water partition coefficient (Wildman–Crippen LogP) is 3.36. The highest BCUT2D eigenvalue weighted by atomic mass is 16.4. The summed E-state index contributed by atoms with van der Waals surface area (Å²) < 4.78 is 5.20. The first-order chi connectivity index (χ1) is 10.2. The van der Waals surface area contributed by atoms with Crippen LogP contribution in [0.1, 0.15) is 16.8 Å². The third-order valence-electron chi connectivity index (χ3n) is 3.27. The van der Waals surface area contributed by atoms with Gasteiger partial charge in [0.05, 0.1) is 12.2 Å². The first kappa shape index (κ1) is 13.3. The van der Waals surface area contributed by atoms with Crippen molar-refractivity contribution in [2.45, 2.75) is 20.4 Å². The predicted molar refractivity (Wildman–Crippen MR) is 80.8 cm³/mol. The summed E-state index contributed by atoms with van der Waals surface area (Å²) in [7, 11) is 0. The Kier molecular flexibility index (Phi) is 3.64. The quantitative estimate of drug-likeness (QED) is 0.794. The van der Waals surface area contributed by atoms with Crippen LogP contribution in [0, 0.1) is 13.8 Å². The van der Waals surface area contributed by atoms with Gasteiger partial charge in [-0.2, -0.15) is 0 Å². The number of nitrogens with zero attached hydrogens (tertiary/aromatic N) is 3. The van der Waals surface area contributed by atoms with Crippen molar-refractivity contribution in [2.75, 3.05) is 5.32 Å². The van der Waals surface area contributed by atoms with Gasteiger partial charge in [-0.1, -0.05) is 6.07 Å². The second kappa shape index (κ2) is 5.75. The Morgan fingerprint density at radius 2 is 2.05 bits per heavy atom. The van der Waals surface area contributed by atoms with Gasteiger partial charge in [-0.15, -0.1) is 10.2 Å². The molecule has 0 aliphatic rings. The van der Waals surface area contributed by atoms with Crippen LogP contribution in [-0.4, -0.2) is 15.2 Å². The molecule has 0 atom stereocenters. The van der Waals surface area contributed by atoms with Crippen LogP contribution in [0.5, 0.6) is 0 Å². The average molecular weight is 280 g/mol. The summed E-state index contributed by atoms with van der Waals surface area (Å²) in [6.07, 6.45) is 3.21. The third-order valence-corrected chi connectivity index (χ3v) is 3.27. The summed E-state index contributed by atoms with van der Waals surface area (Å²) in [5.41, 5.74) is 5.29. The molecule has 0 saturated carbocycles. The lowest BCUT2D eigenvalue weighted by atomic mass is 10.1. The van der Waals surface area contributed by atoms with E-state index in [1.807, 2.05) is 44.3 Å². The number of anilines is 1. The summed E-state index contributed by atoms with van der Waals surface area (Å²) in [5, 5.41) is 11.0. The number of pyridine rings is 1. The fraction of sp³-hybridized carbons (Fsp3) is 0.188. The minimum absolute atomic E-state index is 0.532. The molecule has 0 aliphatic heterocycles. The van der Waals surface area contributed by atoms with E-state index in [9.17, 15) is 0 Å². The summed E-state index contributed by atoms with van der Waals surface area (Å²) in [6.45, 7) is 4.77. The molecular weight excluding hydrogens is 264 g/mol. The maximum absolute atomic E-state index is 5.20. The second-order valence-electron chi connectivity index (χ2n) is 4.95. The van der Waals surface area contributed by atoms with Crippen molar-refractivity contribution in [3.63, 3.8) is 0 Å². The Morgan fingerprint density at radius 3 is 2.71 bits per heavy atom. The zero-order valence-corrected chi connectivity index (χ0v) is 12.0. The highest BCUT2D eigenvalue weighted by molar-refractivity contribution is 5.62. The number of rotatable bonds is 4. The van der Waals surface area contributed by atoms with Gasteiger partial charge in [0.25, 0.3) is 0 Å². The molecule has 106 valence electrons. The van der Waals surface area contributed by atoms with E-state index in [2.05, 4.69) is 26.6 Å². The van der Waals surface area contributed by atoms with Crippen molar-refractivity contribution >= 4 is 5.69 Å². The second-order valence-corrected chi connectivity index (χ2v) is 4.95. The van der Waals surface area contributed by atoms with E-state index in [-0.39, 0.29) is 0 Å². The molecule has 21 heavy (non-hydrogen) atoms. The van der Waals surface area contributed by atoms with Gasteiger partial charge < -0.3 is 9.73 Å². The van der Waals surface area contributed by atoms with Crippen molar-refractivity contribution in [3.8, 4) is 11.5 Å². The first-order valence-corrected chi connectivity index (χ1v) is 6.75. The highest BCUT2D eigenvalue weighted by Gasteiger charge is 2.06. The van der Waals surface area contributed by atoms with Crippen molar-refractivity contribution in [1.29, 1.82) is 0 Å². The highest BCUT2D eigenvalue weighted by Crippen LogP contribution is 2.23. The molecule has 0 unspecified atom stereocenters. The smallest absolute Gasteiger partial charge is 0.247 e. The molecule has 1 aromatic carbocycles. The fourth-order valence-electron chi connectivity index (χ4n) is 2.08. The zero-order valence-electron chi connectivity index (χ0n) is 12.0. The van der Waals surface area contributed by atoms with Crippen LogP contribution < -0.4 is 5.32 Å². The molecule has 0 bridgehead atoms. The van der Waals surface area contributed by atoms with Gasteiger partial charge in [0.15, 0.2) is 0 Å². The van der Waals surface area contributed by atoms with E-state index >= 15 is 0 Å². The number of aryl methyl sites for hydroxylation is 2. The number of hydrogen-bond donors (Lipinski definition) is 1. The van der Waals surface area contributed by atoms with Crippen LogP contribution in [0.15, 0.2) is 47.3 Å². The van der Waals surface area contributed by atoms with Gasteiger partial charge in [0, 0.05) is 17.4 Å². The fourth-order valence-corrected chi connectivity index (χ4v) is 2.08. The topological polar surface area (TPSA) is 63.8 Å². The lowest BCUT2D eigenvalue weighted by molar-refractivity contribution is 0.568. The average Bonchev–Trinajstić information content (AvgIpc) is 3.02. The Morgan fingerprint density at radius 1 is 1.14 bits per heavy atom. The summed E-state index contributed by atoms with van der Waals surface area (Å²) in [5.74, 6) is 0.532. The van der Waals surface area contributed by atoms with E-state index in [0.717, 1.165) is 22.5 Å². The molecule has 1 N–H and O–H groups in total. The van der Waals surface area contributed by atoms with Crippen molar-refractivity contribution in [1.82, 2.24) is 15.2 Å². The van der Waals surface area contributed by atoms with Gasteiger partial charge in [0.2, 0.25) is 12.3 Å². The molecule has 3 rings (SSSR count). The lowest BCUT2D eigenvalue weighted by Crippen LogP contribution is -2.03. The Labute approximate surface area is 123 Å².